The van der Waals surface area contributed by atoms with Crippen LogP contribution < -0.4 is 0 Å². The van der Waals surface area contributed by atoms with Gasteiger partial charge in [0.2, 0.25) is 0 Å². The highest BCUT2D eigenvalue weighted by Crippen LogP contribution is 2.12. The molecule has 0 fully saturated rings. The molecule has 20 heavy (non-hydrogen) atoms. The van der Waals surface area contributed by atoms with Crippen molar-refractivity contribution in [1.82, 2.24) is 0 Å². The molecule has 2 nitrogen and oxygen atoms in total. The van der Waals surface area contributed by atoms with Crippen LogP contribution in [0.1, 0.15) is 96.8 Å². The minimum absolute atomic E-state index is 0.259. The maximum Gasteiger partial charge on any atom is 0.303 e. The Morgan fingerprint density at radius 1 is 0.750 bits per heavy atom. The fourth-order valence-corrected chi connectivity index (χ4v) is 2.37. The van der Waals surface area contributed by atoms with Crippen LogP contribution in [0.15, 0.2) is 12.2 Å². The van der Waals surface area contributed by atoms with Crippen LogP contribution in [0.2, 0.25) is 0 Å². The van der Waals surface area contributed by atoms with E-state index in [9.17, 15) is 4.79 Å². The van der Waals surface area contributed by atoms with Gasteiger partial charge in [0.1, 0.15) is 0 Å². The number of rotatable bonds is 15. The Morgan fingerprint density at radius 3 is 1.70 bits per heavy atom. The van der Waals surface area contributed by atoms with Gasteiger partial charge in [0, 0.05) is 6.42 Å². The lowest BCUT2D eigenvalue weighted by molar-refractivity contribution is -0.136. The zero-order valence-corrected chi connectivity index (χ0v) is 13.4. The highest BCUT2D eigenvalue weighted by atomic mass is 16.4. The molecule has 0 aromatic heterocycles. The van der Waals surface area contributed by atoms with Crippen LogP contribution >= 0.6 is 0 Å². The average Bonchev–Trinajstić information content (AvgIpc) is 2.43. The smallest absolute Gasteiger partial charge is 0.303 e. The molecular weight excluding hydrogens is 248 g/mol. The van der Waals surface area contributed by atoms with E-state index in [1.54, 1.807) is 0 Å². The van der Waals surface area contributed by atoms with E-state index < -0.39 is 5.97 Å². The minimum Gasteiger partial charge on any atom is -0.481 e. The summed E-state index contributed by atoms with van der Waals surface area (Å²) in [7, 11) is 0. The first-order valence-electron chi connectivity index (χ1n) is 8.64. The van der Waals surface area contributed by atoms with Gasteiger partial charge in [-0.15, -0.1) is 0 Å². The quantitative estimate of drug-likeness (QED) is 0.291. The third-order valence-electron chi connectivity index (χ3n) is 3.67. The summed E-state index contributed by atoms with van der Waals surface area (Å²) in [4.78, 5) is 10.3. The van der Waals surface area contributed by atoms with Gasteiger partial charge in [-0.25, -0.2) is 0 Å². The summed E-state index contributed by atoms with van der Waals surface area (Å²) < 4.78 is 0. The van der Waals surface area contributed by atoms with Crippen molar-refractivity contribution in [3.8, 4) is 0 Å². The molecule has 0 aliphatic carbocycles. The van der Waals surface area contributed by atoms with Crippen molar-refractivity contribution in [2.75, 3.05) is 0 Å². The summed E-state index contributed by atoms with van der Waals surface area (Å²) in [5, 5.41) is 8.48. The van der Waals surface area contributed by atoms with Crippen LogP contribution in [0, 0.1) is 0 Å². The largest absolute Gasteiger partial charge is 0.481 e. The number of carboxylic acids is 1. The molecule has 0 spiro atoms. The van der Waals surface area contributed by atoms with Crippen molar-refractivity contribution in [2.24, 2.45) is 0 Å². The molecule has 1 N–H and O–H groups in total. The van der Waals surface area contributed by atoms with Crippen LogP contribution in [0.5, 0.6) is 0 Å². The van der Waals surface area contributed by atoms with E-state index in [4.69, 9.17) is 5.11 Å². The predicted molar refractivity (Wildman–Crippen MR) is 87.1 cm³/mol. The average molecular weight is 282 g/mol. The van der Waals surface area contributed by atoms with E-state index in [0.29, 0.717) is 6.42 Å². The van der Waals surface area contributed by atoms with E-state index in [2.05, 4.69) is 13.0 Å². The van der Waals surface area contributed by atoms with E-state index in [1.807, 2.05) is 6.08 Å². The van der Waals surface area contributed by atoms with Crippen molar-refractivity contribution >= 4 is 5.97 Å². The normalized spacial score (nSPS) is 11.2. The zero-order chi connectivity index (χ0) is 14.9. The molecular formula is C18H34O2. The highest BCUT2D eigenvalue weighted by Gasteiger charge is 1.93. The lowest BCUT2D eigenvalue weighted by Gasteiger charge is -2.01. The fraction of sp³-hybridized carbons (Fsp3) is 0.833. The Bertz CT molecular complexity index is 234. The van der Waals surface area contributed by atoms with Gasteiger partial charge in [-0.05, 0) is 19.3 Å². The summed E-state index contributed by atoms with van der Waals surface area (Å²) in [6.07, 6.45) is 21.3. The lowest BCUT2D eigenvalue weighted by atomic mass is 10.1. The number of carbonyl (C=O) groups is 1. The molecule has 0 unspecified atom stereocenters. The van der Waals surface area contributed by atoms with Crippen molar-refractivity contribution in [3.05, 3.63) is 12.2 Å². The molecule has 0 bridgehead atoms. The number of allylic oxidation sites excluding steroid dienone is 2. The van der Waals surface area contributed by atoms with E-state index in [-0.39, 0.29) is 6.42 Å². The third-order valence-corrected chi connectivity index (χ3v) is 3.67. The first-order chi connectivity index (χ1) is 9.77. The van der Waals surface area contributed by atoms with Crippen molar-refractivity contribution in [2.45, 2.75) is 96.8 Å². The Kier molecular flexibility index (Phi) is 15.6. The Hall–Kier alpha value is -0.790. The van der Waals surface area contributed by atoms with E-state index in [1.165, 1.54) is 70.6 Å². The van der Waals surface area contributed by atoms with Gasteiger partial charge >= 0.3 is 5.97 Å². The standard InChI is InChI=1S/C18H34O2/c1-2-3-4-5-6-7-8-9-10-11-12-13-14-15-16-17-18(19)20/h14-15H,2-13,16-17H2,1H3,(H,19,20)/b15-14-. The Labute approximate surface area is 125 Å². The SMILES string of the molecule is CCCCCCCCCCCCC/C=C\CCC(=O)O. The second-order valence-corrected chi connectivity index (χ2v) is 5.73. The molecule has 0 saturated carbocycles. The Morgan fingerprint density at radius 2 is 1.20 bits per heavy atom. The van der Waals surface area contributed by atoms with Gasteiger partial charge in [0.25, 0.3) is 0 Å². The predicted octanol–water partition coefficient (Wildman–Crippen LogP) is 6.11. The lowest BCUT2D eigenvalue weighted by Crippen LogP contribution is -1.91. The van der Waals surface area contributed by atoms with Gasteiger partial charge in [0.05, 0.1) is 0 Å². The van der Waals surface area contributed by atoms with Crippen LogP contribution in [0.4, 0.5) is 0 Å². The van der Waals surface area contributed by atoms with Crippen LogP contribution in [0.25, 0.3) is 0 Å². The van der Waals surface area contributed by atoms with Gasteiger partial charge < -0.3 is 5.11 Å². The molecule has 0 aromatic rings. The van der Waals surface area contributed by atoms with Gasteiger partial charge in [0.15, 0.2) is 0 Å². The number of carboxylic acid groups (broad SMARTS) is 1. The molecule has 0 aliphatic heterocycles. The van der Waals surface area contributed by atoms with Crippen molar-refractivity contribution < 1.29 is 9.90 Å². The third kappa shape index (κ3) is 17.2. The number of unbranched alkanes of at least 4 members (excludes halogenated alkanes) is 11. The first-order valence-corrected chi connectivity index (χ1v) is 8.64. The van der Waals surface area contributed by atoms with Gasteiger partial charge in [-0.2, -0.15) is 0 Å². The number of aliphatic carboxylic acids is 1. The van der Waals surface area contributed by atoms with E-state index >= 15 is 0 Å². The van der Waals surface area contributed by atoms with Crippen LogP contribution in [0.3, 0.4) is 0 Å². The summed E-state index contributed by atoms with van der Waals surface area (Å²) in [5.41, 5.74) is 0. The summed E-state index contributed by atoms with van der Waals surface area (Å²) in [5.74, 6) is -0.704. The zero-order valence-electron chi connectivity index (χ0n) is 13.4. The van der Waals surface area contributed by atoms with Crippen LogP contribution in [-0.2, 0) is 4.79 Å². The maximum absolute atomic E-state index is 10.3. The van der Waals surface area contributed by atoms with Gasteiger partial charge in [-0.3, -0.25) is 4.79 Å². The van der Waals surface area contributed by atoms with Crippen molar-refractivity contribution in [1.29, 1.82) is 0 Å². The highest BCUT2D eigenvalue weighted by molar-refractivity contribution is 5.66. The molecule has 0 rings (SSSR count). The molecule has 0 amide bonds. The molecule has 0 atom stereocenters. The van der Waals surface area contributed by atoms with Crippen molar-refractivity contribution in [3.63, 3.8) is 0 Å². The topological polar surface area (TPSA) is 37.3 Å². The molecule has 2 heteroatoms. The van der Waals surface area contributed by atoms with E-state index in [0.717, 1.165) is 6.42 Å². The minimum atomic E-state index is -0.704. The molecule has 0 saturated heterocycles. The summed E-state index contributed by atoms with van der Waals surface area (Å²) in [6.45, 7) is 2.27. The molecule has 118 valence electrons. The number of hydrogen-bond acceptors (Lipinski definition) is 1. The molecule has 0 heterocycles. The summed E-state index contributed by atoms with van der Waals surface area (Å²) in [6, 6.07) is 0. The maximum atomic E-state index is 10.3. The summed E-state index contributed by atoms with van der Waals surface area (Å²) >= 11 is 0. The first kappa shape index (κ1) is 19.2. The second-order valence-electron chi connectivity index (χ2n) is 5.73. The second kappa shape index (κ2) is 16.3. The number of hydrogen-bond donors (Lipinski definition) is 1. The van der Waals surface area contributed by atoms with Crippen LogP contribution in [-0.4, -0.2) is 11.1 Å². The Balaban J connectivity index is 3.04. The van der Waals surface area contributed by atoms with Gasteiger partial charge in [-0.1, -0.05) is 83.3 Å². The monoisotopic (exact) mass is 282 g/mol. The molecule has 0 radical (unpaired) electrons. The fourth-order valence-electron chi connectivity index (χ4n) is 2.37. The molecule has 0 aromatic carbocycles. The molecule has 0 aliphatic rings.